The molecule has 0 aromatic heterocycles. The molecule has 2 aromatic rings. The summed E-state index contributed by atoms with van der Waals surface area (Å²) in [6.45, 7) is 1.56. The summed E-state index contributed by atoms with van der Waals surface area (Å²) in [6.07, 6.45) is 0. The van der Waals surface area contributed by atoms with Crippen LogP contribution >= 0.6 is 12.2 Å². The third-order valence-electron chi connectivity index (χ3n) is 3.57. The van der Waals surface area contributed by atoms with Crippen molar-refractivity contribution in [3.05, 3.63) is 48.5 Å². The van der Waals surface area contributed by atoms with Gasteiger partial charge in [-0.3, -0.25) is 0 Å². The van der Waals surface area contributed by atoms with Crippen LogP contribution in [0.1, 0.15) is 0 Å². The van der Waals surface area contributed by atoms with E-state index in [0.29, 0.717) is 5.11 Å². The van der Waals surface area contributed by atoms with Crippen LogP contribution in [0.2, 0.25) is 0 Å². The summed E-state index contributed by atoms with van der Waals surface area (Å²) in [5, 5.41) is 6.94. The highest BCUT2D eigenvalue weighted by atomic mass is 32.1. The lowest BCUT2D eigenvalue weighted by molar-refractivity contribution is 0.415. The first kappa shape index (κ1) is 17.9. The lowest BCUT2D eigenvalue weighted by Gasteiger charge is -2.20. The van der Waals surface area contributed by atoms with E-state index in [0.717, 1.165) is 36.0 Å². The van der Waals surface area contributed by atoms with Crippen molar-refractivity contribution in [2.24, 2.45) is 0 Å². The maximum Gasteiger partial charge on any atom is 0.170 e. The molecule has 0 amide bonds. The maximum absolute atomic E-state index is 5.32. The van der Waals surface area contributed by atoms with Crippen LogP contribution in [0.15, 0.2) is 48.5 Å². The molecular formula is C18H23N3O2S. The number of ether oxygens (including phenoxy) is 2. The third-order valence-corrected chi connectivity index (χ3v) is 3.82. The van der Waals surface area contributed by atoms with Crippen molar-refractivity contribution in [3.8, 4) is 11.5 Å². The fourth-order valence-electron chi connectivity index (χ4n) is 2.18. The number of nitrogens with zero attached hydrogens (tertiary/aromatic N) is 1. The van der Waals surface area contributed by atoms with E-state index in [4.69, 9.17) is 21.7 Å². The van der Waals surface area contributed by atoms with E-state index >= 15 is 0 Å². The molecule has 0 atom stereocenters. The molecule has 0 aliphatic heterocycles. The number of benzene rings is 2. The highest BCUT2D eigenvalue weighted by Gasteiger charge is 2.03. The number of thiocarbonyl (C=S) groups is 1. The van der Waals surface area contributed by atoms with Crippen LogP contribution in [-0.4, -0.2) is 39.5 Å². The molecule has 0 unspecified atom stereocenters. The van der Waals surface area contributed by atoms with Gasteiger partial charge in [-0.25, -0.2) is 0 Å². The van der Waals surface area contributed by atoms with Crippen LogP contribution in [-0.2, 0) is 0 Å². The Morgan fingerprint density at radius 2 is 1.75 bits per heavy atom. The van der Waals surface area contributed by atoms with E-state index in [9.17, 15) is 0 Å². The van der Waals surface area contributed by atoms with Gasteiger partial charge in [0.1, 0.15) is 11.5 Å². The first-order chi connectivity index (χ1) is 11.6. The summed E-state index contributed by atoms with van der Waals surface area (Å²) < 4.78 is 10.4. The number of hydrogen-bond donors (Lipinski definition) is 2. The Morgan fingerprint density at radius 3 is 2.42 bits per heavy atom. The summed E-state index contributed by atoms with van der Waals surface area (Å²) >= 11 is 5.32. The Labute approximate surface area is 148 Å². The topological polar surface area (TPSA) is 45.8 Å². The monoisotopic (exact) mass is 345 g/mol. The molecule has 0 aliphatic rings. The van der Waals surface area contributed by atoms with E-state index in [1.165, 1.54) is 0 Å². The minimum Gasteiger partial charge on any atom is -0.497 e. The zero-order chi connectivity index (χ0) is 17.4. The molecule has 0 saturated carbocycles. The fourth-order valence-corrected chi connectivity index (χ4v) is 2.40. The first-order valence-electron chi connectivity index (χ1n) is 7.66. The molecule has 2 rings (SSSR count). The number of anilines is 2. The Kier molecular flexibility index (Phi) is 6.69. The average Bonchev–Trinajstić information content (AvgIpc) is 2.61. The molecule has 6 heteroatoms. The van der Waals surface area contributed by atoms with Gasteiger partial charge in [-0.15, -0.1) is 0 Å². The standard InChI is InChI=1S/C18H23N3O2S/c1-21(15-7-9-16(22-2)10-8-15)12-11-19-18(24)20-14-5-4-6-17(13-14)23-3/h4-10,13H,11-12H2,1-3H3,(H2,19,20,24). The van der Waals surface area contributed by atoms with E-state index in [1.807, 2.05) is 55.6 Å². The van der Waals surface area contributed by atoms with Crippen molar-refractivity contribution < 1.29 is 9.47 Å². The van der Waals surface area contributed by atoms with Crippen LogP contribution in [0.25, 0.3) is 0 Å². The summed E-state index contributed by atoms with van der Waals surface area (Å²) in [6, 6.07) is 15.6. The second-order valence-corrected chi connectivity index (χ2v) is 5.64. The quantitative estimate of drug-likeness (QED) is 0.752. The lowest BCUT2D eigenvalue weighted by Crippen LogP contribution is -2.35. The van der Waals surface area contributed by atoms with Gasteiger partial charge in [0.15, 0.2) is 5.11 Å². The molecule has 5 nitrogen and oxygen atoms in total. The summed E-state index contributed by atoms with van der Waals surface area (Å²) in [5.74, 6) is 1.65. The van der Waals surface area contributed by atoms with E-state index in [1.54, 1.807) is 14.2 Å². The highest BCUT2D eigenvalue weighted by molar-refractivity contribution is 7.80. The molecule has 2 N–H and O–H groups in total. The minimum atomic E-state index is 0.589. The summed E-state index contributed by atoms with van der Waals surface area (Å²) in [4.78, 5) is 2.15. The van der Waals surface area contributed by atoms with Crippen molar-refractivity contribution in [1.82, 2.24) is 5.32 Å². The number of hydrogen-bond acceptors (Lipinski definition) is 4. The van der Waals surface area contributed by atoms with Gasteiger partial charge < -0.3 is 25.0 Å². The van der Waals surface area contributed by atoms with Gasteiger partial charge in [0.05, 0.1) is 14.2 Å². The van der Waals surface area contributed by atoms with E-state index in [-0.39, 0.29) is 0 Å². The number of rotatable bonds is 7. The van der Waals surface area contributed by atoms with Crippen LogP contribution < -0.4 is 25.0 Å². The van der Waals surface area contributed by atoms with Gasteiger partial charge in [0.25, 0.3) is 0 Å². The zero-order valence-electron chi connectivity index (χ0n) is 14.2. The van der Waals surface area contributed by atoms with Gasteiger partial charge in [0.2, 0.25) is 0 Å². The predicted molar refractivity (Wildman–Crippen MR) is 103 cm³/mol. The van der Waals surface area contributed by atoms with Gasteiger partial charge in [-0.1, -0.05) is 6.07 Å². The maximum atomic E-state index is 5.32. The molecule has 24 heavy (non-hydrogen) atoms. The number of likely N-dealkylation sites (N-methyl/N-ethyl adjacent to an activating group) is 1. The Bertz CT molecular complexity index is 662. The normalized spacial score (nSPS) is 9.96. The summed E-state index contributed by atoms with van der Waals surface area (Å²) in [5.41, 5.74) is 2.03. The van der Waals surface area contributed by atoms with Gasteiger partial charge in [-0.2, -0.15) is 0 Å². The van der Waals surface area contributed by atoms with Gasteiger partial charge in [0, 0.05) is 37.6 Å². The zero-order valence-corrected chi connectivity index (χ0v) is 15.0. The van der Waals surface area contributed by atoms with Crippen molar-refractivity contribution in [2.75, 3.05) is 44.6 Å². The Hall–Kier alpha value is -2.47. The first-order valence-corrected chi connectivity index (χ1v) is 8.07. The van der Waals surface area contributed by atoms with Gasteiger partial charge >= 0.3 is 0 Å². The average molecular weight is 345 g/mol. The number of nitrogens with one attached hydrogen (secondary N) is 2. The highest BCUT2D eigenvalue weighted by Crippen LogP contribution is 2.18. The van der Waals surface area contributed by atoms with Crippen molar-refractivity contribution in [2.45, 2.75) is 0 Å². The molecule has 0 radical (unpaired) electrons. The fraction of sp³-hybridized carbons (Fsp3) is 0.278. The Morgan fingerprint density at radius 1 is 1.04 bits per heavy atom. The molecular weight excluding hydrogens is 322 g/mol. The van der Waals surface area contributed by atoms with Crippen LogP contribution in [0.3, 0.4) is 0 Å². The molecule has 2 aromatic carbocycles. The molecule has 128 valence electrons. The second kappa shape index (κ2) is 8.98. The SMILES string of the molecule is COc1ccc(N(C)CCNC(=S)Nc2cccc(OC)c2)cc1. The molecule has 0 aliphatic carbocycles. The van der Waals surface area contributed by atoms with Crippen molar-refractivity contribution in [3.63, 3.8) is 0 Å². The minimum absolute atomic E-state index is 0.589. The van der Waals surface area contributed by atoms with Crippen LogP contribution in [0.5, 0.6) is 11.5 Å². The van der Waals surface area contributed by atoms with E-state index in [2.05, 4.69) is 15.5 Å². The largest absolute Gasteiger partial charge is 0.497 e. The molecule has 0 spiro atoms. The third kappa shape index (κ3) is 5.31. The number of methoxy groups -OCH3 is 2. The van der Waals surface area contributed by atoms with Crippen LogP contribution in [0, 0.1) is 0 Å². The molecule has 0 bridgehead atoms. The predicted octanol–water partition coefficient (Wildman–Crippen LogP) is 3.13. The van der Waals surface area contributed by atoms with Crippen molar-refractivity contribution in [1.29, 1.82) is 0 Å². The molecule has 0 fully saturated rings. The Balaban J connectivity index is 1.76. The smallest absolute Gasteiger partial charge is 0.170 e. The molecule has 0 saturated heterocycles. The molecule has 0 heterocycles. The second-order valence-electron chi connectivity index (χ2n) is 5.23. The van der Waals surface area contributed by atoms with Gasteiger partial charge in [-0.05, 0) is 48.6 Å². The van der Waals surface area contributed by atoms with Crippen molar-refractivity contribution >= 4 is 28.7 Å². The lowest BCUT2D eigenvalue weighted by atomic mass is 10.3. The summed E-state index contributed by atoms with van der Waals surface area (Å²) in [7, 11) is 5.35. The van der Waals surface area contributed by atoms with Crippen LogP contribution in [0.4, 0.5) is 11.4 Å². The van der Waals surface area contributed by atoms with E-state index < -0.39 is 0 Å².